The van der Waals surface area contributed by atoms with E-state index in [-0.39, 0.29) is 40.7 Å². The monoisotopic (exact) mass is 374 g/mol. The summed E-state index contributed by atoms with van der Waals surface area (Å²) in [5, 5.41) is 3.96. The minimum atomic E-state index is -0.173. The summed E-state index contributed by atoms with van der Waals surface area (Å²) >= 11 is 0. The van der Waals surface area contributed by atoms with E-state index in [1.165, 1.54) is 43.6 Å². The number of ether oxygens (including phenoxy) is 1. The quantitative estimate of drug-likeness (QED) is 0.766. The summed E-state index contributed by atoms with van der Waals surface area (Å²) in [6.45, 7) is 4.82. The van der Waals surface area contributed by atoms with Gasteiger partial charge in [0.2, 0.25) is 0 Å². The first-order valence-corrected chi connectivity index (χ1v) is 9.81. The normalized spacial score (nSPS) is 46.8. The number of halogens is 1. The number of rotatable bonds is 1. The topological polar surface area (TPSA) is 41.6 Å². The Hall–Kier alpha value is -1.26. The lowest BCUT2D eigenvalue weighted by molar-refractivity contribution is -0.150. The SMILES string of the molecule is COC(=O)C1C[C@]23CCCN4CCC5(c6ccccc6N[C@@]15C2C)[C@@H]43.Cl. The zero-order valence-electron chi connectivity index (χ0n) is 15.5. The van der Waals surface area contributed by atoms with E-state index in [1.54, 1.807) is 7.11 Å². The molecule has 1 aromatic rings. The van der Waals surface area contributed by atoms with Crippen LogP contribution in [0, 0.1) is 17.3 Å². The number of para-hydroxylation sites is 1. The number of hydrogen-bond acceptors (Lipinski definition) is 4. The Kier molecular flexibility index (Phi) is 3.22. The van der Waals surface area contributed by atoms with Crippen LogP contribution in [0.25, 0.3) is 0 Å². The third-order valence-electron chi connectivity index (χ3n) is 8.91. The number of carbonyl (C=O) groups excluding carboxylic acids is 1. The maximum atomic E-state index is 12.9. The smallest absolute Gasteiger partial charge is 0.311 e. The number of anilines is 1. The maximum absolute atomic E-state index is 12.9. The second-order valence-electron chi connectivity index (χ2n) is 9.04. The molecular weight excluding hydrogens is 348 g/mol. The van der Waals surface area contributed by atoms with Crippen molar-refractivity contribution in [2.24, 2.45) is 17.3 Å². The third-order valence-corrected chi connectivity index (χ3v) is 8.91. The van der Waals surface area contributed by atoms with Crippen molar-refractivity contribution in [1.29, 1.82) is 0 Å². The molecule has 3 aliphatic heterocycles. The average Bonchev–Trinajstić information content (AvgIpc) is 3.29. The summed E-state index contributed by atoms with van der Waals surface area (Å²) < 4.78 is 5.32. The first-order valence-electron chi connectivity index (χ1n) is 9.81. The van der Waals surface area contributed by atoms with E-state index in [9.17, 15) is 4.79 Å². The molecule has 6 atom stereocenters. The number of carbonyl (C=O) groups is 1. The van der Waals surface area contributed by atoms with Gasteiger partial charge in [0, 0.05) is 17.1 Å². The minimum absolute atomic E-state index is 0. The standard InChI is InChI=1S/C21H26N2O2.ClH/c1-13-19-8-5-10-23-11-9-20(18(19)23)14-6-3-4-7-16(14)22-21(13,20)15(12-19)17(24)25-2;/h3-4,6-7,13,15,18,22H,5,8-12H2,1-2H3;1H/t13?,15?,18-,19+,20?,21-;/m0./s1. The number of methoxy groups -OCH3 is 1. The summed E-state index contributed by atoms with van der Waals surface area (Å²) in [6, 6.07) is 9.42. The van der Waals surface area contributed by atoms with Gasteiger partial charge in [-0.25, -0.2) is 0 Å². The zero-order valence-corrected chi connectivity index (χ0v) is 16.3. The van der Waals surface area contributed by atoms with Gasteiger partial charge in [0.25, 0.3) is 0 Å². The molecule has 3 unspecified atom stereocenters. The molecule has 3 heterocycles. The molecule has 6 rings (SSSR count). The van der Waals surface area contributed by atoms with Crippen molar-refractivity contribution in [1.82, 2.24) is 4.90 Å². The van der Waals surface area contributed by atoms with Crippen LogP contribution in [0.1, 0.15) is 38.2 Å². The van der Waals surface area contributed by atoms with Crippen LogP contribution in [0.2, 0.25) is 0 Å². The minimum Gasteiger partial charge on any atom is -0.469 e. The van der Waals surface area contributed by atoms with Crippen LogP contribution < -0.4 is 5.32 Å². The van der Waals surface area contributed by atoms with E-state index in [2.05, 4.69) is 41.4 Å². The summed E-state index contributed by atoms with van der Waals surface area (Å²) in [5.41, 5.74) is 2.88. The van der Waals surface area contributed by atoms with Crippen LogP contribution >= 0.6 is 12.4 Å². The van der Waals surface area contributed by atoms with E-state index in [1.807, 2.05) is 0 Å². The van der Waals surface area contributed by atoms with Crippen molar-refractivity contribution in [3.05, 3.63) is 29.8 Å². The molecule has 4 fully saturated rings. The molecule has 2 saturated carbocycles. The number of nitrogens with one attached hydrogen (secondary N) is 1. The first kappa shape index (κ1) is 16.9. The lowest BCUT2D eigenvalue weighted by Gasteiger charge is -2.52. The fraction of sp³-hybridized carbons (Fsp3) is 0.667. The second-order valence-corrected chi connectivity index (χ2v) is 9.04. The average molecular weight is 375 g/mol. The fourth-order valence-electron chi connectivity index (χ4n) is 8.44. The molecule has 0 aromatic heterocycles. The Balaban J connectivity index is 0.00000150. The van der Waals surface area contributed by atoms with Crippen molar-refractivity contribution in [2.75, 3.05) is 25.5 Å². The summed E-state index contributed by atoms with van der Waals surface area (Å²) in [4.78, 5) is 15.7. The van der Waals surface area contributed by atoms with Gasteiger partial charge in [0.05, 0.1) is 18.6 Å². The van der Waals surface area contributed by atoms with E-state index in [4.69, 9.17) is 4.74 Å². The molecule has 26 heavy (non-hydrogen) atoms. The highest BCUT2D eigenvalue weighted by molar-refractivity contribution is 5.85. The Morgan fingerprint density at radius 1 is 1.27 bits per heavy atom. The van der Waals surface area contributed by atoms with Crippen molar-refractivity contribution in [3.63, 3.8) is 0 Å². The highest BCUT2D eigenvalue weighted by Crippen LogP contribution is 2.79. The van der Waals surface area contributed by atoms with E-state index >= 15 is 0 Å². The number of fused-ring (bicyclic) bond motifs is 1. The molecule has 0 amide bonds. The highest BCUT2D eigenvalue weighted by Gasteiger charge is 2.86. The van der Waals surface area contributed by atoms with E-state index in [0.717, 1.165) is 6.42 Å². The molecule has 2 saturated heterocycles. The summed E-state index contributed by atoms with van der Waals surface area (Å²) in [5.74, 6) is 0.449. The molecule has 2 aliphatic carbocycles. The highest BCUT2D eigenvalue weighted by atomic mass is 35.5. The van der Waals surface area contributed by atoms with Crippen LogP contribution in [0.4, 0.5) is 5.69 Å². The van der Waals surface area contributed by atoms with Gasteiger partial charge in [0.1, 0.15) is 0 Å². The molecule has 5 heteroatoms. The van der Waals surface area contributed by atoms with Gasteiger partial charge in [-0.3, -0.25) is 9.69 Å². The van der Waals surface area contributed by atoms with Crippen molar-refractivity contribution >= 4 is 24.1 Å². The molecule has 1 aromatic carbocycles. The van der Waals surface area contributed by atoms with Gasteiger partial charge in [-0.05, 0) is 61.7 Å². The molecule has 4 nitrogen and oxygen atoms in total. The number of benzene rings is 1. The molecule has 2 bridgehead atoms. The Morgan fingerprint density at radius 3 is 2.88 bits per heavy atom. The van der Waals surface area contributed by atoms with Crippen LogP contribution in [-0.4, -0.2) is 42.6 Å². The number of hydrogen-bond donors (Lipinski definition) is 1. The lowest BCUT2D eigenvalue weighted by atomic mass is 9.56. The zero-order chi connectivity index (χ0) is 17.0. The number of esters is 1. The van der Waals surface area contributed by atoms with E-state index in [0.29, 0.717) is 12.0 Å². The molecule has 5 aliphatic rings. The molecular formula is C21H27ClN2O2. The maximum Gasteiger partial charge on any atom is 0.311 e. The largest absolute Gasteiger partial charge is 0.469 e. The van der Waals surface area contributed by atoms with Crippen LogP contribution in [0.5, 0.6) is 0 Å². The summed E-state index contributed by atoms with van der Waals surface area (Å²) in [7, 11) is 1.56. The number of piperidine rings is 1. The van der Waals surface area contributed by atoms with E-state index < -0.39 is 0 Å². The van der Waals surface area contributed by atoms with Crippen LogP contribution in [-0.2, 0) is 14.9 Å². The van der Waals surface area contributed by atoms with Gasteiger partial charge in [0.15, 0.2) is 0 Å². The summed E-state index contributed by atoms with van der Waals surface area (Å²) in [6.07, 6.45) is 4.69. The van der Waals surface area contributed by atoms with Gasteiger partial charge in [-0.15, -0.1) is 12.4 Å². The fourth-order valence-corrected chi connectivity index (χ4v) is 8.44. The molecule has 1 N–H and O–H groups in total. The van der Waals surface area contributed by atoms with Crippen molar-refractivity contribution in [2.45, 2.75) is 49.6 Å². The third kappa shape index (κ3) is 1.40. The van der Waals surface area contributed by atoms with Crippen molar-refractivity contribution < 1.29 is 9.53 Å². The van der Waals surface area contributed by atoms with Crippen LogP contribution in [0.15, 0.2) is 24.3 Å². The van der Waals surface area contributed by atoms with Gasteiger partial charge >= 0.3 is 5.97 Å². The molecule has 3 spiro atoms. The second kappa shape index (κ2) is 4.96. The predicted octanol–water partition coefficient (Wildman–Crippen LogP) is 3.21. The Bertz CT molecular complexity index is 800. The lowest BCUT2D eigenvalue weighted by Crippen LogP contribution is -2.63. The predicted molar refractivity (Wildman–Crippen MR) is 103 cm³/mol. The Labute approximate surface area is 161 Å². The van der Waals surface area contributed by atoms with Crippen LogP contribution in [0.3, 0.4) is 0 Å². The molecule has 140 valence electrons. The number of nitrogens with zero attached hydrogens (tertiary/aromatic N) is 1. The van der Waals surface area contributed by atoms with Gasteiger partial charge in [-0.2, -0.15) is 0 Å². The first-order chi connectivity index (χ1) is 12.1. The van der Waals surface area contributed by atoms with Gasteiger partial charge in [-0.1, -0.05) is 25.1 Å². The van der Waals surface area contributed by atoms with Crippen molar-refractivity contribution in [3.8, 4) is 0 Å². The molecule has 0 radical (unpaired) electrons. The Morgan fingerprint density at radius 2 is 2.08 bits per heavy atom. The van der Waals surface area contributed by atoms with Gasteiger partial charge < -0.3 is 10.1 Å².